The largest absolute Gasteiger partial charge is 0.497 e. The number of hydrogen-bond acceptors (Lipinski definition) is 5. The lowest BCUT2D eigenvalue weighted by molar-refractivity contribution is 0.315. The summed E-state index contributed by atoms with van der Waals surface area (Å²) >= 11 is 0. The summed E-state index contributed by atoms with van der Waals surface area (Å²) < 4.78 is 5.41. The summed E-state index contributed by atoms with van der Waals surface area (Å²) in [7, 11) is 6.05. The van der Waals surface area contributed by atoms with Crippen LogP contribution in [0.1, 0.15) is 36.3 Å². The maximum Gasteiger partial charge on any atom is 0.126 e. The minimum atomic E-state index is 0.636. The summed E-state index contributed by atoms with van der Waals surface area (Å²) in [5, 5.41) is 3.49. The number of methoxy groups -OCH3 is 1. The molecule has 1 atom stereocenters. The molecule has 0 spiro atoms. The van der Waals surface area contributed by atoms with Crippen molar-refractivity contribution in [1.82, 2.24) is 9.88 Å². The second-order valence-electron chi connectivity index (χ2n) is 7.95. The zero-order valence-electron chi connectivity index (χ0n) is 16.6. The fourth-order valence-corrected chi connectivity index (χ4v) is 3.92. The molecule has 1 saturated carbocycles. The Kier molecular flexibility index (Phi) is 5.21. The predicted octanol–water partition coefficient (Wildman–Crippen LogP) is 3.72. The van der Waals surface area contributed by atoms with E-state index in [1.54, 1.807) is 7.11 Å². The first-order valence-electron chi connectivity index (χ1n) is 9.92. The fourth-order valence-electron chi connectivity index (χ4n) is 3.92. The Morgan fingerprint density at radius 2 is 2.04 bits per heavy atom. The Balaban J connectivity index is 1.40. The Labute approximate surface area is 162 Å². The van der Waals surface area contributed by atoms with Crippen LogP contribution in [-0.4, -0.2) is 50.2 Å². The smallest absolute Gasteiger partial charge is 0.126 e. The Bertz CT molecular complexity index is 770. The minimum absolute atomic E-state index is 0.636. The molecule has 1 aromatic carbocycles. The molecule has 27 heavy (non-hydrogen) atoms. The van der Waals surface area contributed by atoms with Crippen molar-refractivity contribution in [2.75, 3.05) is 44.5 Å². The van der Waals surface area contributed by atoms with Gasteiger partial charge in [0.25, 0.3) is 0 Å². The molecular formula is C22H30N4O. The molecule has 5 heteroatoms. The van der Waals surface area contributed by atoms with Crippen molar-refractivity contribution in [3.05, 3.63) is 47.7 Å². The van der Waals surface area contributed by atoms with Crippen molar-refractivity contribution in [3.63, 3.8) is 0 Å². The molecule has 2 aromatic rings. The molecule has 5 nitrogen and oxygen atoms in total. The van der Waals surface area contributed by atoms with E-state index in [0.29, 0.717) is 6.04 Å². The normalized spacial score (nSPS) is 19.6. The lowest BCUT2D eigenvalue weighted by Crippen LogP contribution is -2.31. The van der Waals surface area contributed by atoms with Gasteiger partial charge in [-0.15, -0.1) is 0 Å². The Morgan fingerprint density at radius 1 is 1.19 bits per heavy atom. The SMILES string of the molecule is COc1ccc(C2CC2)c(CNc2ccc(N3CCC(N(C)C)C3)cn2)c1. The lowest BCUT2D eigenvalue weighted by Gasteiger charge is -2.21. The van der Waals surface area contributed by atoms with Crippen molar-refractivity contribution in [3.8, 4) is 5.75 Å². The van der Waals surface area contributed by atoms with E-state index in [1.165, 1.54) is 36.1 Å². The summed E-state index contributed by atoms with van der Waals surface area (Å²) in [6.07, 6.45) is 5.81. The molecule has 1 saturated heterocycles. The molecule has 1 aromatic heterocycles. The summed E-state index contributed by atoms with van der Waals surface area (Å²) in [5.74, 6) is 2.57. The van der Waals surface area contributed by atoms with Crippen molar-refractivity contribution in [2.24, 2.45) is 0 Å². The molecule has 1 N–H and O–H groups in total. The second kappa shape index (κ2) is 7.77. The Morgan fingerprint density at radius 3 is 2.67 bits per heavy atom. The monoisotopic (exact) mass is 366 g/mol. The summed E-state index contributed by atoms with van der Waals surface area (Å²) in [5.41, 5.74) is 3.98. The average Bonchev–Trinajstić information content (AvgIpc) is 3.41. The van der Waals surface area contributed by atoms with E-state index in [1.807, 2.05) is 6.20 Å². The summed E-state index contributed by atoms with van der Waals surface area (Å²) in [6, 6.07) is 11.4. The maximum atomic E-state index is 5.41. The number of ether oxygens (including phenoxy) is 1. The van der Waals surface area contributed by atoms with Gasteiger partial charge in [0, 0.05) is 25.7 Å². The fraction of sp³-hybridized carbons (Fsp3) is 0.500. The number of nitrogens with one attached hydrogen (secondary N) is 1. The molecule has 1 aliphatic carbocycles. The molecule has 0 amide bonds. The molecule has 2 fully saturated rings. The van der Waals surface area contributed by atoms with Crippen LogP contribution in [0.4, 0.5) is 11.5 Å². The Hall–Kier alpha value is -2.27. The van der Waals surface area contributed by atoms with E-state index in [4.69, 9.17) is 4.74 Å². The number of anilines is 2. The highest BCUT2D eigenvalue weighted by molar-refractivity contribution is 5.51. The van der Waals surface area contributed by atoms with Gasteiger partial charge in [-0.1, -0.05) is 6.07 Å². The summed E-state index contributed by atoms with van der Waals surface area (Å²) in [4.78, 5) is 9.38. The molecule has 1 unspecified atom stereocenters. The highest BCUT2D eigenvalue weighted by Crippen LogP contribution is 2.42. The number of pyridine rings is 1. The van der Waals surface area contributed by atoms with Crippen molar-refractivity contribution in [2.45, 2.75) is 37.8 Å². The number of hydrogen-bond donors (Lipinski definition) is 1. The van der Waals surface area contributed by atoms with Crippen LogP contribution in [0.3, 0.4) is 0 Å². The zero-order chi connectivity index (χ0) is 18.8. The van der Waals surface area contributed by atoms with Gasteiger partial charge in [0.2, 0.25) is 0 Å². The van der Waals surface area contributed by atoms with Crippen LogP contribution < -0.4 is 15.0 Å². The van der Waals surface area contributed by atoms with Crippen molar-refractivity contribution >= 4 is 11.5 Å². The number of likely N-dealkylation sites (N-methyl/N-ethyl adjacent to an activating group) is 1. The molecule has 1 aliphatic heterocycles. The molecule has 2 aliphatic rings. The predicted molar refractivity (Wildman–Crippen MR) is 111 cm³/mol. The average molecular weight is 367 g/mol. The van der Waals surface area contributed by atoms with E-state index in [9.17, 15) is 0 Å². The first kappa shape index (κ1) is 18.1. The number of nitrogens with zero attached hydrogens (tertiary/aromatic N) is 3. The van der Waals surface area contributed by atoms with Gasteiger partial charge in [0.1, 0.15) is 11.6 Å². The van der Waals surface area contributed by atoms with Crippen molar-refractivity contribution in [1.29, 1.82) is 0 Å². The number of benzene rings is 1. The van der Waals surface area contributed by atoms with Gasteiger partial charge >= 0.3 is 0 Å². The standard InChI is InChI=1S/C22H30N4O/c1-25(2)19-10-11-26(15-19)18-6-9-22(24-14-18)23-13-17-12-20(27-3)7-8-21(17)16-4-5-16/h6-9,12,14,16,19H,4-5,10-11,13,15H2,1-3H3,(H,23,24). The highest BCUT2D eigenvalue weighted by atomic mass is 16.5. The van der Waals surface area contributed by atoms with Crippen molar-refractivity contribution < 1.29 is 4.74 Å². The zero-order valence-corrected chi connectivity index (χ0v) is 16.6. The minimum Gasteiger partial charge on any atom is -0.497 e. The van der Waals surface area contributed by atoms with Gasteiger partial charge < -0.3 is 19.9 Å². The number of aromatic nitrogens is 1. The molecule has 144 valence electrons. The number of rotatable bonds is 7. The van der Waals surface area contributed by atoms with Gasteiger partial charge in [-0.3, -0.25) is 0 Å². The molecule has 0 radical (unpaired) electrons. The van der Waals surface area contributed by atoms with E-state index in [2.05, 4.69) is 64.5 Å². The van der Waals surface area contributed by atoms with Gasteiger partial charge in [-0.2, -0.15) is 0 Å². The maximum absolute atomic E-state index is 5.41. The third-order valence-corrected chi connectivity index (χ3v) is 5.83. The van der Waals surface area contributed by atoms with E-state index >= 15 is 0 Å². The van der Waals surface area contributed by atoms with E-state index in [0.717, 1.165) is 37.1 Å². The van der Waals surface area contributed by atoms with Gasteiger partial charge in [0.15, 0.2) is 0 Å². The van der Waals surface area contributed by atoms with E-state index in [-0.39, 0.29) is 0 Å². The van der Waals surface area contributed by atoms with Crippen LogP contribution >= 0.6 is 0 Å². The van der Waals surface area contributed by atoms with Gasteiger partial charge in [-0.05, 0) is 74.7 Å². The van der Waals surface area contributed by atoms with Crippen LogP contribution in [0.25, 0.3) is 0 Å². The molecule has 4 rings (SSSR count). The van der Waals surface area contributed by atoms with Crippen LogP contribution in [-0.2, 0) is 6.54 Å². The van der Waals surface area contributed by atoms with Crippen LogP contribution in [0.5, 0.6) is 5.75 Å². The first-order valence-corrected chi connectivity index (χ1v) is 9.92. The van der Waals surface area contributed by atoms with Crippen LogP contribution in [0.15, 0.2) is 36.5 Å². The third-order valence-electron chi connectivity index (χ3n) is 5.83. The highest BCUT2D eigenvalue weighted by Gasteiger charge is 2.26. The summed E-state index contributed by atoms with van der Waals surface area (Å²) in [6.45, 7) is 2.96. The lowest BCUT2D eigenvalue weighted by atomic mass is 10.0. The van der Waals surface area contributed by atoms with E-state index < -0.39 is 0 Å². The van der Waals surface area contributed by atoms with Crippen LogP contribution in [0, 0.1) is 0 Å². The van der Waals surface area contributed by atoms with Crippen LogP contribution in [0.2, 0.25) is 0 Å². The van der Waals surface area contributed by atoms with Gasteiger partial charge in [0.05, 0.1) is 19.0 Å². The topological polar surface area (TPSA) is 40.6 Å². The molecular weight excluding hydrogens is 336 g/mol. The molecule has 2 heterocycles. The molecule has 0 bridgehead atoms. The quantitative estimate of drug-likeness (QED) is 0.809. The second-order valence-corrected chi connectivity index (χ2v) is 7.95. The van der Waals surface area contributed by atoms with Gasteiger partial charge in [-0.25, -0.2) is 4.98 Å². The first-order chi connectivity index (χ1) is 13.1. The third kappa shape index (κ3) is 4.19.